The van der Waals surface area contributed by atoms with E-state index in [0.29, 0.717) is 19.6 Å². The monoisotopic (exact) mass is 676 g/mol. The van der Waals surface area contributed by atoms with Crippen molar-refractivity contribution in [3.63, 3.8) is 0 Å². The molecule has 256 valence electrons. The summed E-state index contributed by atoms with van der Waals surface area (Å²) in [5, 5.41) is 0. The molecule has 0 radical (unpaired) electrons. The van der Waals surface area contributed by atoms with E-state index in [2.05, 4.69) is 183 Å². The first-order chi connectivity index (χ1) is 25.5. The van der Waals surface area contributed by atoms with Crippen molar-refractivity contribution < 1.29 is 9.47 Å². The van der Waals surface area contributed by atoms with Gasteiger partial charge in [0.05, 0.1) is 18.6 Å². The smallest absolute Gasteiger partial charge is 0.119 e. The summed E-state index contributed by atoms with van der Waals surface area (Å²) < 4.78 is 12.2. The maximum Gasteiger partial charge on any atom is 0.119 e. The molecule has 1 aliphatic carbocycles. The molecule has 0 aliphatic heterocycles. The molecule has 2 nitrogen and oxygen atoms in total. The number of hydrogen-bond donors (Lipinski definition) is 0. The second-order valence-electron chi connectivity index (χ2n) is 13.4. The van der Waals surface area contributed by atoms with Gasteiger partial charge < -0.3 is 9.47 Å². The number of rotatable bonds is 10. The second kappa shape index (κ2) is 15.5. The van der Waals surface area contributed by atoms with Crippen molar-refractivity contribution in [1.29, 1.82) is 0 Å². The van der Waals surface area contributed by atoms with Crippen LogP contribution in [0.4, 0.5) is 0 Å². The van der Waals surface area contributed by atoms with Crippen molar-refractivity contribution in [3.8, 4) is 23.3 Å². The molecule has 0 saturated heterocycles. The fraction of sp³-hybridized carbons (Fsp3) is 0.160. The molecule has 6 aromatic carbocycles. The number of hydrogen-bond acceptors (Lipinski definition) is 2. The van der Waals surface area contributed by atoms with Gasteiger partial charge in [0, 0.05) is 11.1 Å². The van der Waals surface area contributed by atoms with Crippen LogP contribution in [-0.2, 0) is 11.8 Å². The van der Waals surface area contributed by atoms with Crippen LogP contribution in [0.15, 0.2) is 157 Å². The van der Waals surface area contributed by atoms with Crippen LogP contribution >= 0.6 is 0 Å². The van der Waals surface area contributed by atoms with Gasteiger partial charge >= 0.3 is 0 Å². The molecule has 6 aromatic rings. The zero-order chi connectivity index (χ0) is 35.9. The minimum Gasteiger partial charge on any atom is -0.494 e. The quantitative estimate of drug-likeness (QED) is 0.106. The van der Waals surface area contributed by atoms with Gasteiger partial charge in [0.15, 0.2) is 0 Å². The number of allylic oxidation sites excluding steroid dienone is 3. The van der Waals surface area contributed by atoms with E-state index in [1.54, 1.807) is 0 Å². The van der Waals surface area contributed by atoms with Gasteiger partial charge in [-0.15, -0.1) is 0 Å². The van der Waals surface area contributed by atoms with Gasteiger partial charge in [0.1, 0.15) is 11.5 Å². The van der Waals surface area contributed by atoms with E-state index in [4.69, 9.17) is 9.47 Å². The fourth-order valence-corrected chi connectivity index (χ4v) is 7.34. The average molecular weight is 677 g/mol. The predicted octanol–water partition coefficient (Wildman–Crippen LogP) is 11.7. The van der Waals surface area contributed by atoms with Gasteiger partial charge in [-0.1, -0.05) is 132 Å². The summed E-state index contributed by atoms with van der Waals surface area (Å²) in [5.74, 6) is 9.08. The second-order valence-corrected chi connectivity index (χ2v) is 13.4. The van der Waals surface area contributed by atoms with Crippen molar-refractivity contribution in [2.45, 2.75) is 39.5 Å². The largest absolute Gasteiger partial charge is 0.494 e. The average Bonchev–Trinajstić information content (AvgIpc) is 3.44. The molecular formula is C50H44O2. The van der Waals surface area contributed by atoms with Crippen molar-refractivity contribution in [2.24, 2.45) is 0 Å². The van der Waals surface area contributed by atoms with Gasteiger partial charge in [-0.25, -0.2) is 0 Å². The fourth-order valence-electron chi connectivity index (χ4n) is 7.34. The lowest BCUT2D eigenvalue weighted by Crippen LogP contribution is -2.32. The first kappa shape index (κ1) is 34.4. The van der Waals surface area contributed by atoms with Gasteiger partial charge in [0.2, 0.25) is 0 Å². The summed E-state index contributed by atoms with van der Waals surface area (Å²) in [7, 11) is 0. The molecule has 2 heteroatoms. The SMILES string of the molecule is CCOc1ccc(C2(Cc3ccccc3)C(/C(=C/c3ccccc3)c3ccc(C)cc3)=C(C#Cc3ccc(C)cc3)c3ccc(OCC)cc32)cc1. The van der Waals surface area contributed by atoms with Crippen LogP contribution < -0.4 is 9.47 Å². The van der Waals surface area contributed by atoms with E-state index in [1.165, 1.54) is 33.4 Å². The topological polar surface area (TPSA) is 18.5 Å². The molecule has 1 unspecified atom stereocenters. The first-order valence-corrected chi connectivity index (χ1v) is 18.2. The summed E-state index contributed by atoms with van der Waals surface area (Å²) in [5.41, 5.74) is 13.1. The van der Waals surface area contributed by atoms with Crippen LogP contribution in [0.1, 0.15) is 63.9 Å². The predicted molar refractivity (Wildman–Crippen MR) is 217 cm³/mol. The van der Waals surface area contributed by atoms with E-state index in [1.807, 2.05) is 13.8 Å². The molecule has 0 amide bonds. The third-order valence-electron chi connectivity index (χ3n) is 9.80. The lowest BCUT2D eigenvalue weighted by Gasteiger charge is -2.37. The number of benzene rings is 6. The minimum atomic E-state index is -0.642. The molecule has 0 spiro atoms. The van der Waals surface area contributed by atoms with Crippen molar-refractivity contribution in [2.75, 3.05) is 13.2 Å². The highest BCUT2D eigenvalue weighted by molar-refractivity contribution is 6.07. The van der Waals surface area contributed by atoms with Gasteiger partial charge in [0.25, 0.3) is 0 Å². The zero-order valence-corrected chi connectivity index (χ0v) is 30.4. The normalized spacial score (nSPS) is 15.1. The van der Waals surface area contributed by atoms with Crippen molar-refractivity contribution in [3.05, 3.63) is 207 Å². The lowest BCUT2D eigenvalue weighted by atomic mass is 9.65. The van der Waals surface area contributed by atoms with Crippen LogP contribution in [-0.4, -0.2) is 13.2 Å². The molecule has 0 saturated carbocycles. The molecule has 0 N–H and O–H groups in total. The van der Waals surface area contributed by atoms with Crippen molar-refractivity contribution in [1.82, 2.24) is 0 Å². The zero-order valence-electron chi connectivity index (χ0n) is 30.4. The summed E-state index contributed by atoms with van der Waals surface area (Å²) in [6.45, 7) is 9.50. The Balaban J connectivity index is 1.64. The van der Waals surface area contributed by atoms with E-state index in [0.717, 1.165) is 44.9 Å². The number of fused-ring (bicyclic) bond motifs is 1. The first-order valence-electron chi connectivity index (χ1n) is 18.2. The maximum atomic E-state index is 6.24. The van der Waals surface area contributed by atoms with E-state index >= 15 is 0 Å². The van der Waals surface area contributed by atoms with Crippen LogP contribution in [0.5, 0.6) is 11.5 Å². The highest BCUT2D eigenvalue weighted by Gasteiger charge is 2.48. The van der Waals surface area contributed by atoms with Crippen LogP contribution in [0, 0.1) is 25.7 Å². The highest BCUT2D eigenvalue weighted by atomic mass is 16.5. The Kier molecular flexibility index (Phi) is 10.2. The standard InChI is InChI=1S/C50H44O2/c1-5-51-43-28-26-42(27-29-43)50(35-40-15-11-8-12-16-40)48-34-44(52-6-2)30-32-45(48)46(31-23-38-21-17-36(3)18-22-38)49(50)47(33-39-13-9-7-10-14-39)41-24-19-37(4)20-25-41/h7-22,24-30,32-34H,5-6,35H2,1-4H3/b47-33+. The van der Waals surface area contributed by atoms with E-state index in [-0.39, 0.29) is 0 Å². The third kappa shape index (κ3) is 7.09. The molecule has 0 heterocycles. The van der Waals surface area contributed by atoms with Crippen LogP contribution in [0.25, 0.3) is 17.2 Å². The Labute approximate surface area is 309 Å². The summed E-state index contributed by atoms with van der Waals surface area (Å²) in [4.78, 5) is 0. The lowest BCUT2D eigenvalue weighted by molar-refractivity contribution is 0.339. The Morgan fingerprint density at radius 3 is 1.87 bits per heavy atom. The summed E-state index contributed by atoms with van der Waals surface area (Å²) >= 11 is 0. The van der Waals surface area contributed by atoms with Crippen LogP contribution in [0.3, 0.4) is 0 Å². The van der Waals surface area contributed by atoms with Gasteiger partial charge in [-0.05, 0) is 127 Å². The number of aryl methyl sites for hydroxylation is 2. The molecule has 7 rings (SSSR count). The molecule has 1 atom stereocenters. The molecule has 1 aliphatic rings. The molecule has 0 fully saturated rings. The molecule has 52 heavy (non-hydrogen) atoms. The van der Waals surface area contributed by atoms with E-state index < -0.39 is 5.41 Å². The molecular weight excluding hydrogens is 633 g/mol. The third-order valence-corrected chi connectivity index (χ3v) is 9.80. The molecule has 0 bridgehead atoms. The Hall–Kier alpha value is -6.04. The van der Waals surface area contributed by atoms with E-state index in [9.17, 15) is 0 Å². The van der Waals surface area contributed by atoms with Gasteiger partial charge in [-0.3, -0.25) is 0 Å². The summed E-state index contributed by atoms with van der Waals surface area (Å²) in [6.07, 6.45) is 3.06. The highest BCUT2D eigenvalue weighted by Crippen LogP contribution is 2.57. The maximum absolute atomic E-state index is 6.24. The van der Waals surface area contributed by atoms with Crippen molar-refractivity contribution >= 4 is 17.2 Å². The Morgan fingerprint density at radius 1 is 0.615 bits per heavy atom. The minimum absolute atomic E-state index is 0.580. The summed E-state index contributed by atoms with van der Waals surface area (Å²) in [6, 6.07) is 54.1. The van der Waals surface area contributed by atoms with Gasteiger partial charge in [-0.2, -0.15) is 0 Å². The number of ether oxygens (including phenoxy) is 2. The Bertz CT molecular complexity index is 2270. The molecule has 0 aromatic heterocycles. The Morgan fingerprint density at radius 2 is 1.21 bits per heavy atom. The van der Waals surface area contributed by atoms with Crippen LogP contribution in [0.2, 0.25) is 0 Å².